The number of rotatable bonds is 1. The van der Waals surface area contributed by atoms with E-state index >= 15 is 0 Å². The molecule has 1 saturated heterocycles. The van der Waals surface area contributed by atoms with Gasteiger partial charge in [-0.15, -0.1) is 0 Å². The van der Waals surface area contributed by atoms with Gasteiger partial charge in [0.25, 0.3) is 11.8 Å². The first kappa shape index (κ1) is 16.4. The summed E-state index contributed by atoms with van der Waals surface area (Å²) in [5, 5.41) is 6.22. The molecule has 0 spiro atoms. The number of imide groups is 1. The van der Waals surface area contributed by atoms with Gasteiger partial charge in [0.15, 0.2) is 0 Å². The fourth-order valence-electron chi connectivity index (χ4n) is 0.817. The molecular formula is C4H7N2NaO6S. The summed E-state index contributed by atoms with van der Waals surface area (Å²) < 4.78 is 30.8. The van der Waals surface area contributed by atoms with Gasteiger partial charge in [-0.1, -0.05) is 0 Å². The van der Waals surface area contributed by atoms with E-state index in [1.807, 2.05) is 0 Å². The summed E-state index contributed by atoms with van der Waals surface area (Å²) in [4.78, 5) is 21.1. The summed E-state index contributed by atoms with van der Waals surface area (Å²) in [6.45, 7) is 0. The molecule has 0 aliphatic carbocycles. The maximum Gasteiger partial charge on any atom is 1.00 e. The van der Waals surface area contributed by atoms with Crippen molar-refractivity contribution in [2.75, 3.05) is 0 Å². The second-order valence-corrected chi connectivity index (χ2v) is 3.78. The van der Waals surface area contributed by atoms with Crippen LogP contribution in [0.15, 0.2) is 0 Å². The van der Waals surface area contributed by atoms with E-state index in [4.69, 9.17) is 5.21 Å². The van der Waals surface area contributed by atoms with Gasteiger partial charge in [-0.3, -0.25) is 14.8 Å². The molecule has 1 unspecified atom stereocenters. The van der Waals surface area contributed by atoms with Gasteiger partial charge < -0.3 is 10.7 Å². The van der Waals surface area contributed by atoms with Crippen molar-refractivity contribution < 1.29 is 57.3 Å². The van der Waals surface area contributed by atoms with Gasteiger partial charge in [0, 0.05) is 0 Å². The van der Waals surface area contributed by atoms with Crippen molar-refractivity contribution in [3.05, 3.63) is 0 Å². The Kier molecular flexibility index (Phi) is 6.05. The third-order valence-corrected chi connectivity index (χ3v) is 2.49. The maximum absolute atomic E-state index is 10.6. The van der Waals surface area contributed by atoms with Crippen LogP contribution in [0.3, 0.4) is 0 Å². The largest absolute Gasteiger partial charge is 1.00 e. The number of amides is 2. The van der Waals surface area contributed by atoms with Crippen molar-refractivity contribution in [1.82, 2.24) is 11.2 Å². The minimum Gasteiger partial charge on any atom is -0.747 e. The average molecular weight is 234 g/mol. The van der Waals surface area contributed by atoms with E-state index in [0.717, 1.165) is 0 Å². The minimum absolute atomic E-state index is 0. The summed E-state index contributed by atoms with van der Waals surface area (Å²) in [6, 6.07) is 0. The molecule has 1 aliphatic rings. The molecule has 0 aromatic heterocycles. The van der Waals surface area contributed by atoms with E-state index in [1.54, 1.807) is 0 Å². The molecule has 0 bridgehead atoms. The molecule has 76 valence electrons. The molecule has 1 rings (SSSR count). The van der Waals surface area contributed by atoms with Crippen LogP contribution in [0.5, 0.6) is 0 Å². The minimum atomic E-state index is -4.84. The van der Waals surface area contributed by atoms with Crippen LogP contribution in [-0.4, -0.2) is 40.3 Å². The number of hydrogen-bond acceptors (Lipinski definition) is 7. The Balaban J connectivity index is 0. The van der Waals surface area contributed by atoms with Gasteiger partial charge in [-0.25, -0.2) is 8.42 Å². The molecule has 2 amide bonds. The Morgan fingerprint density at radius 1 is 1.43 bits per heavy atom. The van der Waals surface area contributed by atoms with Gasteiger partial charge >= 0.3 is 29.6 Å². The molecule has 1 heterocycles. The van der Waals surface area contributed by atoms with Crippen molar-refractivity contribution in [2.45, 2.75) is 11.7 Å². The van der Waals surface area contributed by atoms with E-state index in [1.165, 1.54) is 0 Å². The summed E-state index contributed by atoms with van der Waals surface area (Å²) in [6.07, 6.45) is -0.777. The third-order valence-electron chi connectivity index (χ3n) is 1.43. The van der Waals surface area contributed by atoms with Crippen molar-refractivity contribution in [2.24, 2.45) is 0 Å². The Morgan fingerprint density at radius 2 is 1.86 bits per heavy atom. The average Bonchev–Trinajstić information content (AvgIpc) is 2.15. The molecule has 14 heavy (non-hydrogen) atoms. The summed E-state index contributed by atoms with van der Waals surface area (Å²) >= 11 is 0. The molecule has 1 aliphatic heterocycles. The van der Waals surface area contributed by atoms with E-state index in [0.29, 0.717) is 0 Å². The van der Waals surface area contributed by atoms with Gasteiger partial charge in [0.1, 0.15) is 15.4 Å². The first-order valence-corrected chi connectivity index (χ1v) is 4.31. The second kappa shape index (κ2) is 5.16. The summed E-state index contributed by atoms with van der Waals surface area (Å²) in [7, 11) is -4.84. The predicted octanol–water partition coefficient (Wildman–Crippen LogP) is -4.79. The van der Waals surface area contributed by atoms with Crippen LogP contribution in [0.25, 0.3) is 0 Å². The van der Waals surface area contributed by atoms with Crippen LogP contribution in [0.2, 0.25) is 0 Å². The van der Waals surface area contributed by atoms with Crippen molar-refractivity contribution in [1.29, 1.82) is 0 Å². The Labute approximate surface area is 102 Å². The molecular weight excluding hydrogens is 227 g/mol. The number of carbonyl (C=O) groups excluding carboxylic acids is 2. The summed E-state index contributed by atoms with van der Waals surface area (Å²) in [5.74, 6) is -2.46. The maximum atomic E-state index is 10.6. The quantitative estimate of drug-likeness (QED) is 0.200. The molecule has 1 fully saturated rings. The topological polar surface area (TPSA) is 150 Å². The normalized spacial score (nSPS) is 21.6. The Morgan fingerprint density at radius 3 is 2.00 bits per heavy atom. The van der Waals surface area contributed by atoms with E-state index in [2.05, 4.69) is 0 Å². The zero-order valence-electron chi connectivity index (χ0n) is 7.34. The molecule has 0 aromatic rings. The smallest absolute Gasteiger partial charge is 0.747 e. The van der Waals surface area contributed by atoms with Crippen LogP contribution in [0, 0.1) is 0 Å². The van der Waals surface area contributed by atoms with E-state index in [9.17, 15) is 22.6 Å². The van der Waals surface area contributed by atoms with Crippen LogP contribution >= 0.6 is 0 Å². The zero-order valence-corrected chi connectivity index (χ0v) is 10.2. The molecule has 1 atom stereocenters. The number of hydroxylamine groups is 2. The second-order valence-electron chi connectivity index (χ2n) is 2.23. The predicted molar refractivity (Wildman–Crippen MR) is 36.8 cm³/mol. The first-order valence-electron chi connectivity index (χ1n) is 2.84. The molecule has 8 nitrogen and oxygen atoms in total. The fraction of sp³-hybridized carbons (Fsp3) is 0.500. The van der Waals surface area contributed by atoms with Crippen LogP contribution in [0.4, 0.5) is 0 Å². The van der Waals surface area contributed by atoms with Crippen molar-refractivity contribution in [3.63, 3.8) is 0 Å². The zero-order chi connectivity index (χ0) is 9.52. The van der Waals surface area contributed by atoms with Gasteiger partial charge in [-0.2, -0.15) is 5.06 Å². The Hall–Kier alpha value is -0.0300. The first-order chi connectivity index (χ1) is 5.34. The van der Waals surface area contributed by atoms with Crippen molar-refractivity contribution >= 4 is 21.9 Å². The van der Waals surface area contributed by atoms with Crippen LogP contribution in [-0.2, 0) is 19.7 Å². The number of carbonyl (C=O) groups is 2. The number of hydrogen-bond donors (Lipinski definition) is 2. The van der Waals surface area contributed by atoms with E-state index < -0.39 is 33.6 Å². The molecule has 10 heteroatoms. The van der Waals surface area contributed by atoms with Crippen molar-refractivity contribution in [3.8, 4) is 0 Å². The SMILES string of the molecule is N.O=C1CC(S(=O)(=O)[O-])C(=O)N1O.[Na+]. The van der Waals surface area contributed by atoms with Gasteiger partial charge in [-0.05, 0) is 0 Å². The monoisotopic (exact) mass is 234 g/mol. The fourth-order valence-corrected chi connectivity index (χ4v) is 1.51. The molecule has 0 radical (unpaired) electrons. The third kappa shape index (κ3) is 2.98. The van der Waals surface area contributed by atoms with Crippen LogP contribution < -0.4 is 35.7 Å². The Bertz CT molecular complexity index is 340. The molecule has 0 saturated carbocycles. The summed E-state index contributed by atoms with van der Waals surface area (Å²) in [5.41, 5.74) is 0. The number of nitrogens with zero attached hydrogens (tertiary/aromatic N) is 1. The van der Waals surface area contributed by atoms with Crippen LogP contribution in [0.1, 0.15) is 6.42 Å². The standard InChI is InChI=1S/C4H5NO6S.H3N.Na/c6-3-1-2(12(9,10)11)4(7)5(3)8;;/h2,8H,1H2,(H,9,10,11);1H3;/q;;+1/p-1. The van der Waals surface area contributed by atoms with Gasteiger partial charge in [0.2, 0.25) is 0 Å². The van der Waals surface area contributed by atoms with Gasteiger partial charge in [0.05, 0.1) is 6.42 Å². The molecule has 0 aromatic carbocycles. The van der Waals surface area contributed by atoms with E-state index in [-0.39, 0.29) is 40.8 Å². The molecule has 4 N–H and O–H groups in total.